The highest BCUT2D eigenvalue weighted by Gasteiger charge is 2.11. The van der Waals surface area contributed by atoms with Crippen molar-refractivity contribution in [2.45, 2.75) is 39.2 Å². The maximum Gasteiger partial charge on any atom is 0.167 e. The summed E-state index contributed by atoms with van der Waals surface area (Å²) >= 11 is 0. The molecule has 0 radical (unpaired) electrons. The first-order chi connectivity index (χ1) is 8.83. The van der Waals surface area contributed by atoms with Gasteiger partial charge in [-0.05, 0) is 45.7 Å². The van der Waals surface area contributed by atoms with Crippen molar-refractivity contribution in [1.82, 2.24) is 0 Å². The number of rotatable bonds is 7. The lowest BCUT2D eigenvalue weighted by atomic mass is 10.00. The molecule has 2 N–H and O–H groups in total. The molecule has 0 amide bonds. The number of anilines is 1. The molecule has 0 spiro atoms. The Bertz CT molecular complexity index is 402. The second-order valence-electron chi connectivity index (χ2n) is 5.56. The number of benzene rings is 1. The SMILES string of the molecule is CCOc1ccc(N(C)CCCC(C)(C)N)cc1F. The van der Waals surface area contributed by atoms with Crippen LogP contribution in [0, 0.1) is 5.82 Å². The number of nitrogens with zero attached hydrogens (tertiary/aromatic N) is 1. The Morgan fingerprint density at radius 1 is 1.37 bits per heavy atom. The van der Waals surface area contributed by atoms with E-state index < -0.39 is 0 Å². The molecule has 108 valence electrons. The third-order valence-corrected chi connectivity index (χ3v) is 2.97. The van der Waals surface area contributed by atoms with Gasteiger partial charge in [0, 0.05) is 30.9 Å². The van der Waals surface area contributed by atoms with Gasteiger partial charge in [0.25, 0.3) is 0 Å². The van der Waals surface area contributed by atoms with Crippen LogP contribution < -0.4 is 15.4 Å². The van der Waals surface area contributed by atoms with Crippen molar-refractivity contribution in [3.05, 3.63) is 24.0 Å². The monoisotopic (exact) mass is 268 g/mol. The zero-order valence-corrected chi connectivity index (χ0v) is 12.4. The summed E-state index contributed by atoms with van der Waals surface area (Å²) in [7, 11) is 1.96. The standard InChI is InChI=1S/C15H25FN2O/c1-5-19-14-8-7-12(11-13(14)16)18(4)10-6-9-15(2,3)17/h7-8,11H,5-6,9-10,17H2,1-4H3. The van der Waals surface area contributed by atoms with E-state index in [1.54, 1.807) is 6.07 Å². The maximum atomic E-state index is 13.7. The lowest BCUT2D eigenvalue weighted by Crippen LogP contribution is -2.33. The average Bonchev–Trinajstić information content (AvgIpc) is 2.30. The lowest BCUT2D eigenvalue weighted by Gasteiger charge is -2.23. The molecular weight excluding hydrogens is 243 g/mol. The van der Waals surface area contributed by atoms with Gasteiger partial charge >= 0.3 is 0 Å². The van der Waals surface area contributed by atoms with E-state index in [1.165, 1.54) is 6.07 Å². The van der Waals surface area contributed by atoms with Crippen molar-refractivity contribution in [3.8, 4) is 5.75 Å². The summed E-state index contributed by atoms with van der Waals surface area (Å²) in [5.74, 6) is -0.00639. The first kappa shape index (κ1) is 15.8. The summed E-state index contributed by atoms with van der Waals surface area (Å²) in [6.07, 6.45) is 1.92. The smallest absolute Gasteiger partial charge is 0.167 e. The molecule has 4 heteroatoms. The number of hydrogen-bond donors (Lipinski definition) is 1. The van der Waals surface area contributed by atoms with Gasteiger partial charge in [-0.15, -0.1) is 0 Å². The molecule has 1 rings (SSSR count). The molecule has 19 heavy (non-hydrogen) atoms. The Labute approximate surface area is 115 Å². The van der Waals surface area contributed by atoms with Crippen LogP contribution in [-0.2, 0) is 0 Å². The molecule has 1 aromatic carbocycles. The summed E-state index contributed by atoms with van der Waals surface area (Å²) in [4.78, 5) is 2.03. The van der Waals surface area contributed by atoms with Crippen LogP contribution in [-0.4, -0.2) is 25.7 Å². The summed E-state index contributed by atoms with van der Waals surface area (Å²) in [5.41, 5.74) is 6.65. The van der Waals surface area contributed by atoms with Gasteiger partial charge in [0.1, 0.15) is 0 Å². The number of hydrogen-bond acceptors (Lipinski definition) is 3. The summed E-state index contributed by atoms with van der Waals surface area (Å²) in [6, 6.07) is 5.07. The fraction of sp³-hybridized carbons (Fsp3) is 0.600. The second kappa shape index (κ2) is 6.75. The minimum absolute atomic E-state index is 0.148. The summed E-state index contributed by atoms with van der Waals surface area (Å²) in [5, 5.41) is 0. The molecule has 1 aromatic rings. The van der Waals surface area contributed by atoms with Crippen LogP contribution in [0.2, 0.25) is 0 Å². The van der Waals surface area contributed by atoms with Crippen molar-refractivity contribution in [2.24, 2.45) is 5.73 Å². The molecule has 0 atom stereocenters. The molecule has 0 saturated carbocycles. The molecule has 0 aliphatic rings. The molecule has 0 aliphatic carbocycles. The largest absolute Gasteiger partial charge is 0.491 e. The van der Waals surface area contributed by atoms with Crippen molar-refractivity contribution in [2.75, 3.05) is 25.1 Å². The first-order valence-corrected chi connectivity index (χ1v) is 6.76. The van der Waals surface area contributed by atoms with Crippen molar-refractivity contribution in [1.29, 1.82) is 0 Å². The molecule has 0 fully saturated rings. The highest BCUT2D eigenvalue weighted by molar-refractivity contribution is 5.49. The Balaban J connectivity index is 2.57. The molecule has 3 nitrogen and oxygen atoms in total. The van der Waals surface area contributed by atoms with E-state index in [1.807, 2.05) is 38.8 Å². The van der Waals surface area contributed by atoms with Crippen molar-refractivity contribution >= 4 is 5.69 Å². The fourth-order valence-corrected chi connectivity index (χ4v) is 1.90. The molecule has 0 aromatic heterocycles. The fourth-order valence-electron chi connectivity index (χ4n) is 1.90. The minimum Gasteiger partial charge on any atom is -0.491 e. The molecule has 0 bridgehead atoms. The second-order valence-corrected chi connectivity index (χ2v) is 5.56. The van der Waals surface area contributed by atoms with Crippen LogP contribution in [0.4, 0.5) is 10.1 Å². The Morgan fingerprint density at radius 3 is 2.58 bits per heavy atom. The zero-order chi connectivity index (χ0) is 14.5. The predicted molar refractivity (Wildman–Crippen MR) is 78.3 cm³/mol. The van der Waals surface area contributed by atoms with E-state index in [2.05, 4.69) is 0 Å². The first-order valence-electron chi connectivity index (χ1n) is 6.76. The van der Waals surface area contributed by atoms with Crippen molar-refractivity contribution < 1.29 is 9.13 Å². The third-order valence-electron chi connectivity index (χ3n) is 2.97. The van der Waals surface area contributed by atoms with Gasteiger partial charge in [-0.2, -0.15) is 0 Å². The van der Waals surface area contributed by atoms with Crippen LogP contribution in [0.15, 0.2) is 18.2 Å². The normalized spacial score (nSPS) is 11.5. The van der Waals surface area contributed by atoms with Gasteiger partial charge < -0.3 is 15.4 Å². The highest BCUT2D eigenvalue weighted by Crippen LogP contribution is 2.23. The lowest BCUT2D eigenvalue weighted by molar-refractivity contribution is 0.321. The highest BCUT2D eigenvalue weighted by atomic mass is 19.1. The van der Waals surface area contributed by atoms with Crippen LogP contribution >= 0.6 is 0 Å². The van der Waals surface area contributed by atoms with E-state index in [0.29, 0.717) is 12.4 Å². The number of nitrogens with two attached hydrogens (primary N) is 1. The third kappa shape index (κ3) is 5.47. The maximum absolute atomic E-state index is 13.7. The van der Waals surface area contributed by atoms with Gasteiger partial charge in [-0.1, -0.05) is 0 Å². The Hall–Kier alpha value is -1.29. The molecule has 0 unspecified atom stereocenters. The van der Waals surface area contributed by atoms with Crippen molar-refractivity contribution in [3.63, 3.8) is 0 Å². The van der Waals surface area contributed by atoms with Crippen LogP contribution in [0.25, 0.3) is 0 Å². The summed E-state index contributed by atoms with van der Waals surface area (Å²) < 4.78 is 18.9. The zero-order valence-electron chi connectivity index (χ0n) is 12.4. The molecule has 0 saturated heterocycles. The van der Waals surface area contributed by atoms with E-state index in [9.17, 15) is 4.39 Å². The topological polar surface area (TPSA) is 38.5 Å². The molecular formula is C15H25FN2O. The van der Waals surface area contributed by atoms with Crippen LogP contribution in [0.3, 0.4) is 0 Å². The van der Waals surface area contributed by atoms with E-state index in [-0.39, 0.29) is 11.4 Å². The minimum atomic E-state index is -0.314. The molecule has 0 heterocycles. The quantitative estimate of drug-likeness (QED) is 0.825. The Morgan fingerprint density at radius 2 is 2.05 bits per heavy atom. The van der Waals surface area contributed by atoms with Gasteiger partial charge in [0.2, 0.25) is 0 Å². The van der Waals surface area contributed by atoms with Crippen LogP contribution in [0.5, 0.6) is 5.75 Å². The Kier molecular flexibility index (Phi) is 5.60. The average molecular weight is 268 g/mol. The van der Waals surface area contributed by atoms with E-state index in [4.69, 9.17) is 10.5 Å². The van der Waals surface area contributed by atoms with E-state index in [0.717, 1.165) is 25.1 Å². The van der Waals surface area contributed by atoms with Gasteiger partial charge in [0.15, 0.2) is 11.6 Å². The van der Waals surface area contributed by atoms with E-state index >= 15 is 0 Å². The van der Waals surface area contributed by atoms with Gasteiger partial charge in [-0.3, -0.25) is 0 Å². The summed E-state index contributed by atoms with van der Waals surface area (Å²) in [6.45, 7) is 7.20. The molecule has 0 aliphatic heterocycles. The van der Waals surface area contributed by atoms with Gasteiger partial charge in [0.05, 0.1) is 6.61 Å². The number of halogens is 1. The van der Waals surface area contributed by atoms with Gasteiger partial charge in [-0.25, -0.2) is 4.39 Å². The van der Waals surface area contributed by atoms with Crippen LogP contribution in [0.1, 0.15) is 33.6 Å². The number of ether oxygens (including phenoxy) is 1. The predicted octanol–water partition coefficient (Wildman–Crippen LogP) is 3.18.